The minimum absolute atomic E-state index is 0.133. The molecule has 32 heavy (non-hydrogen) atoms. The second-order valence-corrected chi connectivity index (χ2v) is 6.47. The summed E-state index contributed by atoms with van der Waals surface area (Å²) in [5.74, 6) is -1.47. The van der Waals surface area contributed by atoms with Crippen molar-refractivity contribution in [1.29, 1.82) is 0 Å². The summed E-state index contributed by atoms with van der Waals surface area (Å²) >= 11 is 0. The highest BCUT2D eigenvalue weighted by Gasteiger charge is 2.12. The van der Waals surface area contributed by atoms with Crippen molar-refractivity contribution < 1.29 is 19.1 Å². The molecule has 0 unspecified atom stereocenters. The van der Waals surface area contributed by atoms with Gasteiger partial charge in [-0.1, -0.05) is 24.3 Å². The van der Waals surface area contributed by atoms with Gasteiger partial charge in [0.2, 0.25) is 0 Å². The normalized spacial score (nSPS) is 10.4. The van der Waals surface area contributed by atoms with Crippen LogP contribution in [0.15, 0.2) is 84.1 Å². The number of hydrogen-bond donors (Lipinski definition) is 3. The molecule has 0 bridgehead atoms. The van der Waals surface area contributed by atoms with Gasteiger partial charge >= 0.3 is 11.8 Å². The Balaban J connectivity index is 1.39. The number of carbonyl (C=O) groups is 3. The summed E-state index contributed by atoms with van der Waals surface area (Å²) in [6.45, 7) is 0.00758. The zero-order valence-electron chi connectivity index (χ0n) is 17.0. The van der Waals surface area contributed by atoms with E-state index in [1.807, 2.05) is 18.2 Å². The number of rotatable bonds is 8. The lowest BCUT2D eigenvalue weighted by molar-refractivity contribution is -0.139. The number of para-hydroxylation sites is 1. The number of amides is 3. The van der Waals surface area contributed by atoms with Crippen molar-refractivity contribution in [3.05, 3.63) is 90.3 Å². The molecular weight excluding hydrogens is 410 g/mol. The Morgan fingerprint density at radius 2 is 1.66 bits per heavy atom. The van der Waals surface area contributed by atoms with Gasteiger partial charge in [-0.05, 0) is 54.1 Å². The molecule has 3 aromatic rings. The van der Waals surface area contributed by atoms with Gasteiger partial charge in [-0.3, -0.25) is 19.4 Å². The SMILES string of the molecule is O=C(COc1ccc(/C=N\NC(=O)C(=O)NCc2ccccn2)cc1)Nc1ccccc1. The quantitative estimate of drug-likeness (QED) is 0.286. The maximum Gasteiger partial charge on any atom is 0.329 e. The molecule has 0 atom stereocenters. The summed E-state index contributed by atoms with van der Waals surface area (Å²) in [7, 11) is 0. The van der Waals surface area contributed by atoms with E-state index < -0.39 is 11.8 Å². The number of carbonyl (C=O) groups excluding carboxylic acids is 3. The lowest BCUT2D eigenvalue weighted by Gasteiger charge is -2.07. The van der Waals surface area contributed by atoms with E-state index in [1.54, 1.807) is 60.8 Å². The lowest BCUT2D eigenvalue weighted by Crippen LogP contribution is -2.37. The minimum Gasteiger partial charge on any atom is -0.484 e. The standard InChI is InChI=1S/C23H21N5O4/c29-21(27-18-6-2-1-3-7-18)16-32-20-11-9-17(10-12-20)14-26-28-23(31)22(30)25-15-19-8-4-5-13-24-19/h1-14H,15-16H2,(H,25,30)(H,27,29)(H,28,31)/b26-14-. The number of hydrazone groups is 1. The number of nitrogens with zero attached hydrogens (tertiary/aromatic N) is 2. The van der Waals surface area contributed by atoms with Crippen LogP contribution in [0.25, 0.3) is 0 Å². The summed E-state index contributed by atoms with van der Waals surface area (Å²) in [6.07, 6.45) is 2.98. The van der Waals surface area contributed by atoms with Gasteiger partial charge in [0, 0.05) is 11.9 Å². The van der Waals surface area contributed by atoms with E-state index in [9.17, 15) is 14.4 Å². The molecule has 0 spiro atoms. The number of anilines is 1. The second-order valence-electron chi connectivity index (χ2n) is 6.47. The third-order valence-corrected chi connectivity index (χ3v) is 4.05. The second kappa shape index (κ2) is 11.6. The number of aromatic nitrogens is 1. The monoisotopic (exact) mass is 431 g/mol. The molecule has 1 heterocycles. The largest absolute Gasteiger partial charge is 0.484 e. The fraction of sp³-hybridized carbons (Fsp3) is 0.0870. The van der Waals surface area contributed by atoms with Crippen molar-refractivity contribution in [2.45, 2.75) is 6.54 Å². The van der Waals surface area contributed by atoms with Crippen LogP contribution >= 0.6 is 0 Å². The van der Waals surface area contributed by atoms with Crippen LogP contribution in [0.4, 0.5) is 5.69 Å². The molecule has 0 aliphatic heterocycles. The first-order valence-corrected chi connectivity index (χ1v) is 9.69. The highest BCUT2D eigenvalue weighted by molar-refractivity contribution is 6.35. The molecule has 0 aliphatic carbocycles. The Bertz CT molecular complexity index is 1070. The summed E-state index contributed by atoms with van der Waals surface area (Å²) in [6, 6.07) is 21.1. The van der Waals surface area contributed by atoms with Crippen molar-refractivity contribution in [2.75, 3.05) is 11.9 Å². The molecule has 3 N–H and O–H groups in total. The molecule has 0 fully saturated rings. The van der Waals surface area contributed by atoms with E-state index >= 15 is 0 Å². The van der Waals surface area contributed by atoms with Gasteiger partial charge in [-0.25, -0.2) is 5.43 Å². The van der Waals surface area contributed by atoms with Crippen LogP contribution < -0.4 is 20.8 Å². The zero-order chi connectivity index (χ0) is 22.6. The molecule has 3 amide bonds. The number of ether oxygens (including phenoxy) is 1. The number of benzene rings is 2. The van der Waals surface area contributed by atoms with E-state index in [0.29, 0.717) is 22.7 Å². The smallest absolute Gasteiger partial charge is 0.329 e. The minimum atomic E-state index is -0.887. The Labute approximate surface area is 184 Å². The Morgan fingerprint density at radius 3 is 2.38 bits per heavy atom. The van der Waals surface area contributed by atoms with Gasteiger partial charge in [0.1, 0.15) is 5.75 Å². The van der Waals surface area contributed by atoms with Crippen molar-refractivity contribution in [2.24, 2.45) is 5.10 Å². The fourth-order valence-electron chi connectivity index (χ4n) is 2.49. The molecule has 0 saturated carbocycles. The number of hydrogen-bond acceptors (Lipinski definition) is 6. The van der Waals surface area contributed by atoms with Crippen molar-refractivity contribution >= 4 is 29.6 Å². The molecule has 0 saturated heterocycles. The van der Waals surface area contributed by atoms with Gasteiger partial charge in [-0.15, -0.1) is 0 Å². The summed E-state index contributed by atoms with van der Waals surface area (Å²) in [4.78, 5) is 39.5. The predicted molar refractivity (Wildman–Crippen MR) is 119 cm³/mol. The topological polar surface area (TPSA) is 122 Å². The molecule has 9 nitrogen and oxygen atoms in total. The van der Waals surface area contributed by atoms with Crippen LogP contribution in [0.3, 0.4) is 0 Å². The summed E-state index contributed by atoms with van der Waals surface area (Å²) < 4.78 is 5.45. The fourth-order valence-corrected chi connectivity index (χ4v) is 2.49. The van der Waals surface area contributed by atoms with Crippen LogP contribution in [-0.4, -0.2) is 35.5 Å². The Morgan fingerprint density at radius 1 is 0.906 bits per heavy atom. The van der Waals surface area contributed by atoms with Crippen molar-refractivity contribution in [1.82, 2.24) is 15.7 Å². The number of nitrogens with one attached hydrogen (secondary N) is 3. The average Bonchev–Trinajstić information content (AvgIpc) is 2.83. The van der Waals surface area contributed by atoms with Gasteiger partial charge in [0.25, 0.3) is 5.91 Å². The van der Waals surface area contributed by atoms with E-state index in [4.69, 9.17) is 4.74 Å². The van der Waals surface area contributed by atoms with E-state index in [0.717, 1.165) is 0 Å². The van der Waals surface area contributed by atoms with E-state index in [-0.39, 0.29) is 19.1 Å². The Kier molecular flexibility index (Phi) is 8.04. The maximum atomic E-state index is 11.9. The highest BCUT2D eigenvalue weighted by Crippen LogP contribution is 2.11. The number of pyridine rings is 1. The maximum absolute atomic E-state index is 11.9. The molecule has 2 aromatic carbocycles. The average molecular weight is 431 g/mol. The first kappa shape index (κ1) is 22.2. The van der Waals surface area contributed by atoms with E-state index in [2.05, 4.69) is 26.1 Å². The zero-order valence-corrected chi connectivity index (χ0v) is 17.0. The third kappa shape index (κ3) is 7.38. The van der Waals surface area contributed by atoms with Gasteiger partial charge in [0.15, 0.2) is 6.61 Å². The first-order valence-electron chi connectivity index (χ1n) is 9.69. The van der Waals surface area contributed by atoms with Crippen LogP contribution in [0.5, 0.6) is 5.75 Å². The van der Waals surface area contributed by atoms with Gasteiger partial charge in [0.05, 0.1) is 18.5 Å². The van der Waals surface area contributed by atoms with E-state index in [1.165, 1.54) is 6.21 Å². The molecule has 162 valence electrons. The van der Waals surface area contributed by atoms with Crippen LogP contribution in [0.2, 0.25) is 0 Å². The Hall–Kier alpha value is -4.53. The molecule has 9 heteroatoms. The van der Waals surface area contributed by atoms with Gasteiger partial charge < -0.3 is 15.4 Å². The van der Waals surface area contributed by atoms with Crippen LogP contribution in [0, 0.1) is 0 Å². The highest BCUT2D eigenvalue weighted by atomic mass is 16.5. The first-order chi connectivity index (χ1) is 15.6. The third-order valence-electron chi connectivity index (χ3n) is 4.05. The van der Waals surface area contributed by atoms with Crippen LogP contribution in [0.1, 0.15) is 11.3 Å². The van der Waals surface area contributed by atoms with Gasteiger partial charge in [-0.2, -0.15) is 5.10 Å². The molecule has 0 radical (unpaired) electrons. The lowest BCUT2D eigenvalue weighted by atomic mass is 10.2. The summed E-state index contributed by atoms with van der Waals surface area (Å²) in [5, 5.41) is 8.95. The van der Waals surface area contributed by atoms with Crippen molar-refractivity contribution in [3.8, 4) is 5.75 Å². The summed E-state index contributed by atoms with van der Waals surface area (Å²) in [5.41, 5.74) is 4.16. The van der Waals surface area contributed by atoms with Crippen molar-refractivity contribution in [3.63, 3.8) is 0 Å². The predicted octanol–water partition coefficient (Wildman–Crippen LogP) is 1.87. The van der Waals surface area contributed by atoms with Crippen LogP contribution in [-0.2, 0) is 20.9 Å². The molecule has 3 rings (SSSR count). The molecule has 0 aliphatic rings. The molecule has 1 aromatic heterocycles. The molecular formula is C23H21N5O4.